The van der Waals surface area contributed by atoms with Crippen LogP contribution in [0.1, 0.15) is 31.1 Å². The van der Waals surface area contributed by atoms with E-state index in [1.165, 1.54) is 6.92 Å². The van der Waals surface area contributed by atoms with Gasteiger partial charge in [0.25, 0.3) is 0 Å². The first kappa shape index (κ1) is 15.2. The Morgan fingerprint density at radius 1 is 1.21 bits per heavy atom. The van der Waals surface area contributed by atoms with Crippen molar-refractivity contribution >= 4 is 17.5 Å². The Hall–Kier alpha value is -1.88. The molecule has 0 aromatic heterocycles. The maximum Gasteiger partial charge on any atom is 0.319 e. The Kier molecular flexibility index (Phi) is 5.51. The molecule has 104 valence electrons. The fourth-order valence-electron chi connectivity index (χ4n) is 1.55. The molecular weight excluding hydrogens is 244 g/mol. The number of hydrogen-bond acceptors (Lipinski definition) is 3. The molecule has 2 amide bonds. The van der Waals surface area contributed by atoms with E-state index in [1.807, 2.05) is 13.8 Å². The summed E-state index contributed by atoms with van der Waals surface area (Å²) in [4.78, 5) is 22.8. The quantitative estimate of drug-likeness (QED) is 0.712. The lowest BCUT2D eigenvalue weighted by atomic mass is 10.1. The van der Waals surface area contributed by atoms with Gasteiger partial charge in [-0.05, 0) is 37.1 Å². The van der Waals surface area contributed by atoms with Crippen molar-refractivity contribution in [2.45, 2.75) is 26.8 Å². The van der Waals surface area contributed by atoms with Gasteiger partial charge in [0.1, 0.15) is 0 Å². The fraction of sp³-hybridized carbons (Fsp3) is 0.429. The number of amides is 2. The second kappa shape index (κ2) is 6.89. The van der Waals surface area contributed by atoms with Crippen molar-refractivity contribution in [1.29, 1.82) is 0 Å². The van der Waals surface area contributed by atoms with Gasteiger partial charge in [0.2, 0.25) is 0 Å². The number of urea groups is 1. The molecule has 0 heterocycles. The van der Waals surface area contributed by atoms with Crippen molar-refractivity contribution in [2.75, 3.05) is 11.9 Å². The number of rotatable bonds is 5. The second-order valence-electron chi connectivity index (χ2n) is 4.77. The van der Waals surface area contributed by atoms with E-state index in [4.69, 9.17) is 5.11 Å². The number of Topliss-reactive ketones (excluding diaryl/α,β-unsaturated/α-hetero) is 1. The summed E-state index contributed by atoms with van der Waals surface area (Å²) in [6.07, 6.45) is 0. The minimum atomic E-state index is -0.372. The number of benzene rings is 1. The van der Waals surface area contributed by atoms with Crippen molar-refractivity contribution in [1.82, 2.24) is 5.32 Å². The summed E-state index contributed by atoms with van der Waals surface area (Å²) in [6, 6.07) is 5.99. The van der Waals surface area contributed by atoms with Crippen LogP contribution in [-0.4, -0.2) is 29.6 Å². The second-order valence-corrected chi connectivity index (χ2v) is 4.77. The summed E-state index contributed by atoms with van der Waals surface area (Å²) in [5, 5.41) is 14.5. The van der Waals surface area contributed by atoms with Gasteiger partial charge in [-0.25, -0.2) is 4.79 Å². The Morgan fingerprint density at radius 3 is 2.21 bits per heavy atom. The maximum absolute atomic E-state index is 11.7. The molecule has 19 heavy (non-hydrogen) atoms. The molecule has 5 nitrogen and oxygen atoms in total. The molecule has 0 aliphatic rings. The molecule has 0 saturated carbocycles. The summed E-state index contributed by atoms with van der Waals surface area (Å²) in [5.41, 5.74) is 1.20. The summed E-state index contributed by atoms with van der Waals surface area (Å²) in [6.45, 7) is 5.23. The van der Waals surface area contributed by atoms with E-state index < -0.39 is 0 Å². The molecule has 0 aliphatic carbocycles. The largest absolute Gasteiger partial charge is 0.394 e. The third-order valence-corrected chi connectivity index (χ3v) is 2.87. The minimum absolute atomic E-state index is 0.0175. The first-order chi connectivity index (χ1) is 8.93. The Morgan fingerprint density at radius 2 is 1.79 bits per heavy atom. The molecule has 0 saturated heterocycles. The van der Waals surface area contributed by atoms with Crippen LogP contribution in [0.3, 0.4) is 0 Å². The van der Waals surface area contributed by atoms with Gasteiger partial charge in [-0.3, -0.25) is 4.79 Å². The van der Waals surface area contributed by atoms with E-state index in [-0.39, 0.29) is 30.4 Å². The van der Waals surface area contributed by atoms with E-state index in [1.54, 1.807) is 24.3 Å². The highest BCUT2D eigenvalue weighted by molar-refractivity contribution is 5.95. The van der Waals surface area contributed by atoms with Gasteiger partial charge >= 0.3 is 6.03 Å². The van der Waals surface area contributed by atoms with Gasteiger partial charge in [0.15, 0.2) is 5.78 Å². The molecule has 1 unspecified atom stereocenters. The van der Waals surface area contributed by atoms with E-state index >= 15 is 0 Å². The van der Waals surface area contributed by atoms with Crippen molar-refractivity contribution in [3.8, 4) is 0 Å². The van der Waals surface area contributed by atoms with Gasteiger partial charge in [-0.2, -0.15) is 0 Å². The number of carbonyl (C=O) groups excluding carboxylic acids is 2. The highest BCUT2D eigenvalue weighted by atomic mass is 16.3. The highest BCUT2D eigenvalue weighted by Gasteiger charge is 2.14. The van der Waals surface area contributed by atoms with Crippen LogP contribution in [0.5, 0.6) is 0 Å². The molecule has 5 heteroatoms. The van der Waals surface area contributed by atoms with Crippen LogP contribution in [0.25, 0.3) is 0 Å². The average molecular weight is 264 g/mol. The molecule has 1 atom stereocenters. The molecule has 1 aromatic carbocycles. The maximum atomic E-state index is 11.7. The average Bonchev–Trinajstić information content (AvgIpc) is 2.36. The Balaban J connectivity index is 2.59. The number of aliphatic hydroxyl groups excluding tert-OH is 1. The van der Waals surface area contributed by atoms with Crippen LogP contribution < -0.4 is 10.6 Å². The molecule has 0 radical (unpaired) electrons. The lowest BCUT2D eigenvalue weighted by Crippen LogP contribution is -2.43. The van der Waals surface area contributed by atoms with Crippen LogP contribution >= 0.6 is 0 Å². The molecule has 0 fully saturated rings. The molecule has 1 aromatic rings. The third-order valence-electron chi connectivity index (χ3n) is 2.87. The smallest absolute Gasteiger partial charge is 0.319 e. The molecule has 0 aliphatic heterocycles. The highest BCUT2D eigenvalue weighted by Crippen LogP contribution is 2.10. The zero-order chi connectivity index (χ0) is 14.4. The predicted octanol–water partition coefficient (Wildman–Crippen LogP) is 2.03. The van der Waals surface area contributed by atoms with Gasteiger partial charge in [0, 0.05) is 11.3 Å². The number of anilines is 1. The van der Waals surface area contributed by atoms with Crippen molar-refractivity contribution < 1.29 is 14.7 Å². The van der Waals surface area contributed by atoms with Crippen LogP contribution in [0, 0.1) is 5.92 Å². The molecule has 0 bridgehead atoms. The van der Waals surface area contributed by atoms with Gasteiger partial charge in [0.05, 0.1) is 12.6 Å². The standard InChI is InChI=1S/C14H20N2O3/c1-9(2)13(8-17)16-14(19)15-12-6-4-11(5-7-12)10(3)18/h4-7,9,13,17H,8H2,1-3H3,(H2,15,16,19). The van der Waals surface area contributed by atoms with Crippen LogP contribution in [-0.2, 0) is 0 Å². The normalized spacial score (nSPS) is 12.1. The monoisotopic (exact) mass is 264 g/mol. The van der Waals surface area contributed by atoms with Crippen LogP contribution in [0.4, 0.5) is 10.5 Å². The van der Waals surface area contributed by atoms with E-state index in [2.05, 4.69) is 10.6 Å². The first-order valence-electron chi connectivity index (χ1n) is 6.23. The molecule has 0 spiro atoms. The first-order valence-corrected chi connectivity index (χ1v) is 6.23. The Bertz CT molecular complexity index is 441. The molecule has 1 rings (SSSR count). The number of ketones is 1. The topological polar surface area (TPSA) is 78.4 Å². The van der Waals surface area contributed by atoms with Gasteiger partial charge < -0.3 is 15.7 Å². The van der Waals surface area contributed by atoms with Gasteiger partial charge in [-0.1, -0.05) is 13.8 Å². The zero-order valence-electron chi connectivity index (χ0n) is 11.4. The van der Waals surface area contributed by atoms with Crippen molar-refractivity contribution in [3.05, 3.63) is 29.8 Å². The van der Waals surface area contributed by atoms with E-state index in [0.29, 0.717) is 11.3 Å². The van der Waals surface area contributed by atoms with Crippen molar-refractivity contribution in [3.63, 3.8) is 0 Å². The fourth-order valence-corrected chi connectivity index (χ4v) is 1.55. The summed E-state index contributed by atoms with van der Waals surface area (Å²) in [7, 11) is 0. The number of nitrogens with one attached hydrogen (secondary N) is 2. The third kappa shape index (κ3) is 4.71. The van der Waals surface area contributed by atoms with Crippen molar-refractivity contribution in [2.24, 2.45) is 5.92 Å². The van der Waals surface area contributed by atoms with Crippen LogP contribution in [0.15, 0.2) is 24.3 Å². The number of carbonyl (C=O) groups is 2. The van der Waals surface area contributed by atoms with Crippen LogP contribution in [0.2, 0.25) is 0 Å². The van der Waals surface area contributed by atoms with Gasteiger partial charge in [-0.15, -0.1) is 0 Å². The number of hydrogen-bond donors (Lipinski definition) is 3. The Labute approximate surface area is 113 Å². The minimum Gasteiger partial charge on any atom is -0.394 e. The lowest BCUT2D eigenvalue weighted by molar-refractivity contribution is 0.101. The zero-order valence-corrected chi connectivity index (χ0v) is 11.4. The molecular formula is C14H20N2O3. The molecule has 3 N–H and O–H groups in total. The summed E-state index contributed by atoms with van der Waals surface area (Å²) < 4.78 is 0. The SMILES string of the molecule is CC(=O)c1ccc(NC(=O)NC(CO)C(C)C)cc1. The van der Waals surface area contributed by atoms with E-state index in [9.17, 15) is 9.59 Å². The number of aliphatic hydroxyl groups is 1. The predicted molar refractivity (Wildman–Crippen MR) is 74.3 cm³/mol. The van der Waals surface area contributed by atoms with E-state index in [0.717, 1.165) is 0 Å². The summed E-state index contributed by atoms with van der Waals surface area (Å²) in [5.74, 6) is 0.131. The summed E-state index contributed by atoms with van der Waals surface area (Å²) >= 11 is 0. The lowest BCUT2D eigenvalue weighted by Gasteiger charge is -2.20.